The highest BCUT2D eigenvalue weighted by Crippen LogP contribution is 2.08. The number of methoxy groups -OCH3 is 1. The molecule has 0 aliphatic carbocycles. The van der Waals surface area contributed by atoms with Gasteiger partial charge in [0.25, 0.3) is 0 Å². The normalized spacial score (nSPS) is 10.2. The lowest BCUT2D eigenvalue weighted by atomic mass is 10.1. The van der Waals surface area contributed by atoms with Crippen molar-refractivity contribution in [1.29, 1.82) is 0 Å². The van der Waals surface area contributed by atoms with Crippen LogP contribution in [0.5, 0.6) is 0 Å². The third kappa shape index (κ3) is 9.02. The van der Waals surface area contributed by atoms with E-state index in [4.69, 9.17) is 0 Å². The van der Waals surface area contributed by atoms with Crippen molar-refractivity contribution in [2.75, 3.05) is 20.7 Å². The maximum absolute atomic E-state index is 11.7. The highest BCUT2D eigenvalue weighted by atomic mass is 16.5. The van der Waals surface area contributed by atoms with E-state index in [1.807, 2.05) is 0 Å². The molecule has 0 aromatic carbocycles. The predicted molar refractivity (Wildman–Crippen MR) is 72.3 cm³/mol. The van der Waals surface area contributed by atoms with E-state index >= 15 is 0 Å². The second-order valence-electron chi connectivity index (χ2n) is 4.66. The van der Waals surface area contributed by atoms with E-state index in [9.17, 15) is 9.59 Å². The molecule has 0 saturated heterocycles. The van der Waals surface area contributed by atoms with Gasteiger partial charge in [-0.3, -0.25) is 9.59 Å². The lowest BCUT2D eigenvalue weighted by molar-refractivity contribution is -0.141. The molecule has 0 fully saturated rings. The Kier molecular flexibility index (Phi) is 10.4. The third-order valence-corrected chi connectivity index (χ3v) is 3.05. The zero-order valence-corrected chi connectivity index (χ0v) is 12.0. The molecule has 0 saturated carbocycles. The molecule has 0 atom stereocenters. The maximum atomic E-state index is 11.7. The van der Waals surface area contributed by atoms with E-state index in [1.165, 1.54) is 32.8 Å². The average Bonchev–Trinajstić information content (AvgIpc) is 2.39. The minimum absolute atomic E-state index is 0.120. The van der Waals surface area contributed by atoms with Gasteiger partial charge >= 0.3 is 5.97 Å². The highest BCUT2D eigenvalue weighted by Gasteiger charge is 2.10. The second kappa shape index (κ2) is 11.1. The van der Waals surface area contributed by atoms with E-state index in [1.54, 1.807) is 11.9 Å². The molecule has 0 aliphatic rings. The van der Waals surface area contributed by atoms with Gasteiger partial charge in [-0.15, -0.1) is 0 Å². The number of unbranched alkanes of at least 4 members (excludes halogenated alkanes) is 5. The smallest absolute Gasteiger partial charge is 0.307 e. The number of rotatable bonds is 10. The number of amides is 1. The number of nitrogens with zero attached hydrogens (tertiary/aromatic N) is 1. The average molecular weight is 257 g/mol. The molecule has 0 aliphatic heterocycles. The van der Waals surface area contributed by atoms with Crippen LogP contribution < -0.4 is 0 Å². The first-order valence-electron chi connectivity index (χ1n) is 6.92. The first-order valence-corrected chi connectivity index (χ1v) is 6.92. The van der Waals surface area contributed by atoms with Gasteiger partial charge in [0, 0.05) is 20.0 Å². The Hall–Kier alpha value is -1.06. The van der Waals surface area contributed by atoms with Gasteiger partial charge in [-0.1, -0.05) is 39.0 Å². The molecule has 0 aromatic rings. The van der Waals surface area contributed by atoms with Gasteiger partial charge in [0.2, 0.25) is 5.91 Å². The molecule has 106 valence electrons. The van der Waals surface area contributed by atoms with Crippen LogP contribution in [-0.2, 0) is 14.3 Å². The van der Waals surface area contributed by atoms with E-state index in [0.29, 0.717) is 13.0 Å². The number of hydrogen-bond donors (Lipinski definition) is 0. The van der Waals surface area contributed by atoms with Crippen molar-refractivity contribution in [3.8, 4) is 0 Å². The lowest BCUT2D eigenvalue weighted by Gasteiger charge is -2.16. The van der Waals surface area contributed by atoms with Crippen molar-refractivity contribution >= 4 is 11.9 Å². The van der Waals surface area contributed by atoms with Gasteiger partial charge in [-0.2, -0.15) is 0 Å². The SMILES string of the molecule is CCCCCCCCC(=O)N(C)CCC(=O)OC. The molecular weight excluding hydrogens is 230 g/mol. The van der Waals surface area contributed by atoms with Crippen LogP contribution in [0.1, 0.15) is 58.3 Å². The van der Waals surface area contributed by atoms with Gasteiger partial charge in [0.1, 0.15) is 0 Å². The van der Waals surface area contributed by atoms with E-state index in [0.717, 1.165) is 12.8 Å². The van der Waals surface area contributed by atoms with Gasteiger partial charge in [-0.05, 0) is 6.42 Å². The zero-order chi connectivity index (χ0) is 13.8. The van der Waals surface area contributed by atoms with E-state index < -0.39 is 0 Å². The van der Waals surface area contributed by atoms with Crippen LogP contribution in [0.2, 0.25) is 0 Å². The van der Waals surface area contributed by atoms with E-state index in [2.05, 4.69) is 11.7 Å². The molecule has 4 heteroatoms. The molecular formula is C14H27NO3. The van der Waals surface area contributed by atoms with Crippen LogP contribution in [0, 0.1) is 0 Å². The summed E-state index contributed by atoms with van der Waals surface area (Å²) in [5.41, 5.74) is 0. The Morgan fingerprint density at radius 3 is 2.22 bits per heavy atom. The van der Waals surface area contributed by atoms with Crippen molar-refractivity contribution in [1.82, 2.24) is 4.90 Å². The van der Waals surface area contributed by atoms with Crippen molar-refractivity contribution < 1.29 is 14.3 Å². The molecule has 0 radical (unpaired) electrons. The standard InChI is InChI=1S/C14H27NO3/c1-4-5-6-7-8-9-10-13(16)15(2)12-11-14(17)18-3/h4-12H2,1-3H3. The Labute approximate surface area is 111 Å². The quantitative estimate of drug-likeness (QED) is 0.446. The lowest BCUT2D eigenvalue weighted by Crippen LogP contribution is -2.29. The van der Waals surface area contributed by atoms with Crippen molar-refractivity contribution in [2.24, 2.45) is 0 Å². The molecule has 18 heavy (non-hydrogen) atoms. The number of hydrogen-bond acceptors (Lipinski definition) is 3. The zero-order valence-electron chi connectivity index (χ0n) is 12.0. The molecule has 0 unspecified atom stereocenters. The monoisotopic (exact) mass is 257 g/mol. The first kappa shape index (κ1) is 16.9. The minimum Gasteiger partial charge on any atom is -0.469 e. The summed E-state index contributed by atoms with van der Waals surface area (Å²) in [7, 11) is 3.10. The first-order chi connectivity index (χ1) is 8.61. The summed E-state index contributed by atoms with van der Waals surface area (Å²) < 4.78 is 4.54. The Morgan fingerprint density at radius 1 is 1.00 bits per heavy atom. The fourth-order valence-corrected chi connectivity index (χ4v) is 1.73. The Morgan fingerprint density at radius 2 is 1.61 bits per heavy atom. The minimum atomic E-state index is -0.269. The van der Waals surface area contributed by atoms with Gasteiger partial charge in [0.15, 0.2) is 0 Å². The van der Waals surface area contributed by atoms with Crippen molar-refractivity contribution in [3.05, 3.63) is 0 Å². The fraction of sp³-hybridized carbons (Fsp3) is 0.857. The Bertz CT molecular complexity index is 241. The van der Waals surface area contributed by atoms with E-state index in [-0.39, 0.29) is 18.3 Å². The van der Waals surface area contributed by atoms with Crippen LogP contribution in [0.4, 0.5) is 0 Å². The van der Waals surface area contributed by atoms with Crippen LogP contribution in [0.15, 0.2) is 0 Å². The number of carbonyl (C=O) groups excluding carboxylic acids is 2. The van der Waals surface area contributed by atoms with Crippen LogP contribution in [0.25, 0.3) is 0 Å². The predicted octanol–water partition coefficient (Wildman–Crippen LogP) is 2.76. The summed E-state index contributed by atoms with van der Waals surface area (Å²) in [6, 6.07) is 0. The van der Waals surface area contributed by atoms with Crippen LogP contribution in [-0.4, -0.2) is 37.5 Å². The molecule has 0 N–H and O–H groups in total. The summed E-state index contributed by atoms with van der Waals surface area (Å²) in [6.07, 6.45) is 7.94. The molecule has 0 bridgehead atoms. The van der Waals surface area contributed by atoms with Crippen LogP contribution >= 0.6 is 0 Å². The highest BCUT2D eigenvalue weighted by molar-refractivity contribution is 5.76. The van der Waals surface area contributed by atoms with Crippen molar-refractivity contribution in [2.45, 2.75) is 58.3 Å². The summed E-state index contributed by atoms with van der Waals surface area (Å²) >= 11 is 0. The summed E-state index contributed by atoms with van der Waals surface area (Å²) in [5, 5.41) is 0. The van der Waals surface area contributed by atoms with Gasteiger partial charge in [0.05, 0.1) is 13.5 Å². The third-order valence-electron chi connectivity index (χ3n) is 3.05. The topological polar surface area (TPSA) is 46.6 Å². The second-order valence-corrected chi connectivity index (χ2v) is 4.66. The molecule has 0 rings (SSSR count). The van der Waals surface area contributed by atoms with Gasteiger partial charge < -0.3 is 9.64 Å². The molecule has 0 spiro atoms. The van der Waals surface area contributed by atoms with Crippen molar-refractivity contribution in [3.63, 3.8) is 0 Å². The molecule has 0 aromatic heterocycles. The number of carbonyl (C=O) groups is 2. The number of ether oxygens (including phenoxy) is 1. The summed E-state index contributed by atoms with van der Waals surface area (Å²) in [6.45, 7) is 2.64. The summed E-state index contributed by atoms with van der Waals surface area (Å²) in [4.78, 5) is 24.3. The molecule has 1 amide bonds. The molecule has 0 heterocycles. The van der Waals surface area contributed by atoms with Crippen LogP contribution in [0.3, 0.4) is 0 Å². The Balaban J connectivity index is 3.53. The largest absolute Gasteiger partial charge is 0.469 e. The molecule has 4 nitrogen and oxygen atoms in total. The fourth-order valence-electron chi connectivity index (χ4n) is 1.73. The maximum Gasteiger partial charge on any atom is 0.307 e. The summed E-state index contributed by atoms with van der Waals surface area (Å²) in [5.74, 6) is -0.149. The van der Waals surface area contributed by atoms with Gasteiger partial charge in [-0.25, -0.2) is 0 Å². The number of esters is 1.